The minimum atomic E-state index is -0.493. The minimum absolute atomic E-state index is 0.0467. The Morgan fingerprint density at radius 2 is 2.23 bits per heavy atom. The number of nitrogens with one attached hydrogen (secondary N) is 2. The molecular formula is C13H10N4O2S3. The number of anilines is 1. The van der Waals surface area contributed by atoms with Crippen molar-refractivity contribution in [1.82, 2.24) is 15.2 Å². The van der Waals surface area contributed by atoms with Gasteiger partial charge in [-0.25, -0.2) is 0 Å². The number of aromatic amines is 1. The normalized spacial score (nSPS) is 10.5. The quantitative estimate of drug-likeness (QED) is 0.546. The molecule has 3 heterocycles. The van der Waals surface area contributed by atoms with Gasteiger partial charge in [-0.1, -0.05) is 29.2 Å². The zero-order valence-corrected chi connectivity index (χ0v) is 13.6. The Kier molecular flexibility index (Phi) is 4.66. The van der Waals surface area contributed by atoms with Crippen molar-refractivity contribution < 1.29 is 4.79 Å². The van der Waals surface area contributed by atoms with Gasteiger partial charge < -0.3 is 4.98 Å². The van der Waals surface area contributed by atoms with E-state index in [9.17, 15) is 9.59 Å². The highest BCUT2D eigenvalue weighted by atomic mass is 32.2. The van der Waals surface area contributed by atoms with Crippen LogP contribution >= 0.6 is 34.4 Å². The molecule has 2 N–H and O–H groups in total. The van der Waals surface area contributed by atoms with Gasteiger partial charge in [0.2, 0.25) is 5.13 Å². The molecule has 0 radical (unpaired) electrons. The maximum Gasteiger partial charge on any atom is 0.263 e. The third kappa shape index (κ3) is 3.62. The Morgan fingerprint density at radius 3 is 3.00 bits per heavy atom. The number of rotatable bonds is 5. The number of nitrogens with zero attached hydrogens (tertiary/aromatic N) is 2. The molecule has 0 aromatic carbocycles. The first-order chi connectivity index (χ1) is 10.7. The van der Waals surface area contributed by atoms with Gasteiger partial charge >= 0.3 is 0 Å². The van der Waals surface area contributed by atoms with E-state index in [2.05, 4.69) is 26.6 Å². The van der Waals surface area contributed by atoms with Crippen molar-refractivity contribution in [2.45, 2.75) is 10.1 Å². The van der Waals surface area contributed by atoms with Gasteiger partial charge in [-0.15, -0.1) is 21.5 Å². The third-order valence-electron chi connectivity index (χ3n) is 2.61. The van der Waals surface area contributed by atoms with E-state index in [1.807, 2.05) is 11.4 Å². The maximum atomic E-state index is 12.0. The monoisotopic (exact) mass is 350 g/mol. The van der Waals surface area contributed by atoms with Gasteiger partial charge in [0, 0.05) is 16.8 Å². The van der Waals surface area contributed by atoms with E-state index < -0.39 is 11.5 Å². The summed E-state index contributed by atoms with van der Waals surface area (Å²) in [5, 5.41) is 12.9. The fourth-order valence-corrected chi connectivity index (χ4v) is 4.13. The number of pyridine rings is 1. The van der Waals surface area contributed by atoms with Crippen LogP contribution in [0.4, 0.5) is 5.13 Å². The van der Waals surface area contributed by atoms with Crippen molar-refractivity contribution >= 4 is 45.5 Å². The molecule has 0 unspecified atom stereocenters. The molecule has 0 spiro atoms. The standard InChI is InChI=1S/C13H10N4O2S3/c18-10-9(4-1-5-14-10)11(19)15-12-16-17-13(22-12)21-7-8-3-2-6-20-8/h1-6H,7H2,(H,14,18)(H,15,16,19). The Morgan fingerprint density at radius 1 is 1.32 bits per heavy atom. The predicted molar refractivity (Wildman–Crippen MR) is 88.8 cm³/mol. The van der Waals surface area contributed by atoms with Crippen LogP contribution in [0.1, 0.15) is 15.2 Å². The first-order valence-electron chi connectivity index (χ1n) is 6.20. The highest BCUT2D eigenvalue weighted by Crippen LogP contribution is 2.29. The highest BCUT2D eigenvalue weighted by molar-refractivity contribution is 8.00. The Hall–Kier alpha value is -1.97. The molecule has 0 saturated carbocycles. The van der Waals surface area contributed by atoms with Crippen LogP contribution in [0.2, 0.25) is 0 Å². The molecule has 0 aliphatic rings. The van der Waals surface area contributed by atoms with Gasteiger partial charge in [0.1, 0.15) is 5.56 Å². The molecule has 0 aliphatic carbocycles. The lowest BCUT2D eigenvalue weighted by atomic mass is 10.3. The van der Waals surface area contributed by atoms with Crippen LogP contribution in [0.15, 0.2) is 45.0 Å². The molecule has 1 amide bonds. The number of carbonyl (C=O) groups excluding carboxylic acids is 1. The minimum Gasteiger partial charge on any atom is -0.328 e. The summed E-state index contributed by atoms with van der Waals surface area (Å²) in [6.45, 7) is 0. The number of amides is 1. The number of carbonyl (C=O) groups is 1. The molecule has 3 aromatic rings. The summed E-state index contributed by atoms with van der Waals surface area (Å²) in [6, 6.07) is 7.12. The second-order valence-electron chi connectivity index (χ2n) is 4.11. The van der Waals surface area contributed by atoms with Gasteiger partial charge in [-0.2, -0.15) is 0 Å². The number of aromatic nitrogens is 3. The lowest BCUT2D eigenvalue weighted by molar-refractivity contribution is 0.102. The van der Waals surface area contributed by atoms with Crippen LogP contribution < -0.4 is 10.9 Å². The Bertz CT molecular complexity index is 826. The molecule has 0 atom stereocenters. The number of hydrogen-bond donors (Lipinski definition) is 2. The summed E-state index contributed by atoms with van der Waals surface area (Å²) in [6.07, 6.45) is 1.48. The van der Waals surface area contributed by atoms with Gasteiger partial charge in [0.05, 0.1) is 0 Å². The van der Waals surface area contributed by atoms with Crippen LogP contribution in [-0.2, 0) is 5.75 Å². The maximum absolute atomic E-state index is 12.0. The zero-order valence-electron chi connectivity index (χ0n) is 11.1. The van der Waals surface area contributed by atoms with Crippen molar-refractivity contribution in [2.24, 2.45) is 0 Å². The molecule has 0 aliphatic heterocycles. The molecule has 9 heteroatoms. The summed E-state index contributed by atoms with van der Waals surface area (Å²) in [5.74, 6) is 0.325. The number of hydrogen-bond acceptors (Lipinski definition) is 7. The molecule has 3 aromatic heterocycles. The molecule has 6 nitrogen and oxygen atoms in total. The molecular weight excluding hydrogens is 340 g/mol. The van der Waals surface area contributed by atoms with Crippen molar-refractivity contribution in [3.8, 4) is 0 Å². The average molecular weight is 350 g/mol. The van der Waals surface area contributed by atoms with Crippen molar-refractivity contribution in [3.63, 3.8) is 0 Å². The van der Waals surface area contributed by atoms with Gasteiger partial charge in [-0.05, 0) is 23.6 Å². The van der Waals surface area contributed by atoms with E-state index in [0.717, 1.165) is 10.1 Å². The largest absolute Gasteiger partial charge is 0.328 e. The van der Waals surface area contributed by atoms with Crippen LogP contribution in [0, 0.1) is 0 Å². The first kappa shape index (κ1) is 14.9. The van der Waals surface area contributed by atoms with Crippen LogP contribution in [0.5, 0.6) is 0 Å². The molecule has 0 bridgehead atoms. The Balaban J connectivity index is 1.63. The number of thioether (sulfide) groups is 1. The molecule has 22 heavy (non-hydrogen) atoms. The lowest BCUT2D eigenvalue weighted by Gasteiger charge is -1.98. The van der Waals surface area contributed by atoms with Gasteiger partial charge in [0.15, 0.2) is 4.34 Å². The van der Waals surface area contributed by atoms with Crippen molar-refractivity contribution in [2.75, 3.05) is 5.32 Å². The molecule has 0 fully saturated rings. The van der Waals surface area contributed by atoms with Gasteiger partial charge in [0.25, 0.3) is 11.5 Å². The van der Waals surface area contributed by atoms with E-state index in [-0.39, 0.29) is 5.56 Å². The smallest absolute Gasteiger partial charge is 0.263 e. The summed E-state index contributed by atoms with van der Waals surface area (Å²) < 4.78 is 0.769. The van der Waals surface area contributed by atoms with Crippen LogP contribution in [-0.4, -0.2) is 21.1 Å². The highest BCUT2D eigenvalue weighted by Gasteiger charge is 2.13. The number of H-pyrrole nitrogens is 1. The molecule has 3 rings (SSSR count). The summed E-state index contributed by atoms with van der Waals surface area (Å²) in [4.78, 5) is 27.2. The predicted octanol–water partition coefficient (Wildman–Crippen LogP) is 2.83. The van der Waals surface area contributed by atoms with Crippen molar-refractivity contribution in [1.29, 1.82) is 0 Å². The number of thiophene rings is 1. The van der Waals surface area contributed by atoms with Crippen LogP contribution in [0.25, 0.3) is 0 Å². The van der Waals surface area contributed by atoms with E-state index in [1.165, 1.54) is 28.5 Å². The van der Waals surface area contributed by atoms with E-state index in [1.54, 1.807) is 29.2 Å². The molecule has 0 saturated heterocycles. The van der Waals surface area contributed by atoms with E-state index >= 15 is 0 Å². The summed E-state index contributed by atoms with van der Waals surface area (Å²) in [5.41, 5.74) is -0.387. The second-order valence-corrected chi connectivity index (χ2v) is 7.34. The zero-order chi connectivity index (χ0) is 15.4. The van der Waals surface area contributed by atoms with Crippen molar-refractivity contribution in [3.05, 3.63) is 56.6 Å². The first-order valence-corrected chi connectivity index (χ1v) is 8.88. The summed E-state index contributed by atoms with van der Waals surface area (Å²) in [7, 11) is 0. The van der Waals surface area contributed by atoms with E-state index in [4.69, 9.17) is 0 Å². The fraction of sp³-hybridized carbons (Fsp3) is 0.0769. The molecule has 112 valence electrons. The SMILES string of the molecule is O=C(Nc1nnc(SCc2cccs2)s1)c1ccc[nH]c1=O. The fourth-order valence-electron chi connectivity index (χ4n) is 1.61. The third-order valence-corrected chi connectivity index (χ3v) is 5.69. The average Bonchev–Trinajstić information content (AvgIpc) is 3.17. The van der Waals surface area contributed by atoms with Crippen LogP contribution in [0.3, 0.4) is 0 Å². The summed E-state index contributed by atoms with van der Waals surface area (Å²) >= 11 is 4.53. The topological polar surface area (TPSA) is 87.7 Å². The Labute approximate surface area is 137 Å². The second kappa shape index (κ2) is 6.86. The van der Waals surface area contributed by atoms with Gasteiger partial charge in [-0.3, -0.25) is 14.9 Å². The lowest BCUT2D eigenvalue weighted by Crippen LogP contribution is -2.22. The van der Waals surface area contributed by atoms with E-state index in [0.29, 0.717) is 5.13 Å².